The first-order valence-electron chi connectivity index (χ1n) is 5.34. The molecule has 0 spiro atoms. The monoisotopic (exact) mass is 240 g/mol. The van der Waals surface area contributed by atoms with Gasteiger partial charge in [-0.05, 0) is 6.42 Å². The lowest BCUT2D eigenvalue weighted by atomic mass is 10.1. The van der Waals surface area contributed by atoms with Crippen molar-refractivity contribution in [3.8, 4) is 0 Å². The van der Waals surface area contributed by atoms with Gasteiger partial charge in [-0.3, -0.25) is 0 Å². The maximum absolute atomic E-state index is 13.0. The highest BCUT2D eigenvalue weighted by Gasteiger charge is 2.29. The van der Waals surface area contributed by atoms with Gasteiger partial charge in [0, 0.05) is 25.1 Å². The summed E-state index contributed by atoms with van der Waals surface area (Å²) in [6.45, 7) is 4.26. The van der Waals surface area contributed by atoms with Crippen molar-refractivity contribution < 1.29 is 18.7 Å². The SMILES string of the molecule is C=C1CC(F)N1CCCc1nc(C(=O)O)co1. The Hall–Kier alpha value is -1.85. The highest BCUT2D eigenvalue weighted by Crippen LogP contribution is 2.28. The second-order valence-corrected chi connectivity index (χ2v) is 3.93. The number of rotatable bonds is 5. The predicted octanol–water partition coefficient (Wildman–Crippen LogP) is 1.82. The lowest BCUT2D eigenvalue weighted by Gasteiger charge is -2.39. The molecule has 0 bridgehead atoms. The first kappa shape index (κ1) is 11.6. The molecule has 1 aliphatic heterocycles. The van der Waals surface area contributed by atoms with Gasteiger partial charge in [-0.1, -0.05) is 6.58 Å². The van der Waals surface area contributed by atoms with Crippen LogP contribution in [0.3, 0.4) is 0 Å². The van der Waals surface area contributed by atoms with E-state index in [9.17, 15) is 9.18 Å². The number of likely N-dealkylation sites (tertiary alicyclic amines) is 1. The van der Waals surface area contributed by atoms with E-state index in [-0.39, 0.29) is 5.69 Å². The number of halogens is 1. The van der Waals surface area contributed by atoms with Crippen LogP contribution in [0.2, 0.25) is 0 Å². The lowest BCUT2D eigenvalue weighted by Crippen LogP contribution is -2.42. The molecule has 5 nitrogen and oxygen atoms in total. The van der Waals surface area contributed by atoms with E-state index in [1.54, 1.807) is 4.90 Å². The molecule has 1 aromatic rings. The Morgan fingerprint density at radius 1 is 1.76 bits per heavy atom. The number of carbonyl (C=O) groups is 1. The third-order valence-corrected chi connectivity index (χ3v) is 2.71. The van der Waals surface area contributed by atoms with Crippen LogP contribution in [-0.4, -0.2) is 33.8 Å². The fraction of sp³-hybridized carbons (Fsp3) is 0.455. The van der Waals surface area contributed by atoms with Crippen molar-refractivity contribution in [3.05, 3.63) is 30.1 Å². The Balaban J connectivity index is 1.78. The van der Waals surface area contributed by atoms with E-state index in [2.05, 4.69) is 11.6 Å². The number of oxazole rings is 1. The Morgan fingerprint density at radius 3 is 3.06 bits per heavy atom. The summed E-state index contributed by atoms with van der Waals surface area (Å²) >= 11 is 0. The Bertz CT molecular complexity index is 444. The van der Waals surface area contributed by atoms with Crippen LogP contribution in [0.25, 0.3) is 0 Å². The van der Waals surface area contributed by atoms with Crippen molar-refractivity contribution in [2.24, 2.45) is 0 Å². The number of carboxylic acid groups (broad SMARTS) is 1. The van der Waals surface area contributed by atoms with E-state index < -0.39 is 12.3 Å². The van der Waals surface area contributed by atoms with Gasteiger partial charge in [-0.25, -0.2) is 14.2 Å². The molecule has 1 aromatic heterocycles. The van der Waals surface area contributed by atoms with Crippen molar-refractivity contribution in [3.63, 3.8) is 0 Å². The molecule has 0 radical (unpaired) electrons. The summed E-state index contributed by atoms with van der Waals surface area (Å²) in [4.78, 5) is 15.9. The first-order chi connectivity index (χ1) is 8.08. The highest BCUT2D eigenvalue weighted by atomic mass is 19.1. The standard InChI is InChI=1S/C11H13FN2O3/c1-7-5-9(12)14(7)4-2-3-10-13-8(6-17-10)11(15)16/h6,9H,1-5H2,(H,15,16). The zero-order valence-corrected chi connectivity index (χ0v) is 9.23. The summed E-state index contributed by atoms with van der Waals surface area (Å²) in [7, 11) is 0. The van der Waals surface area contributed by atoms with Gasteiger partial charge in [-0.15, -0.1) is 0 Å². The quantitative estimate of drug-likeness (QED) is 0.795. The smallest absolute Gasteiger partial charge is 0.357 e. The van der Waals surface area contributed by atoms with Gasteiger partial charge >= 0.3 is 5.97 Å². The molecule has 1 saturated heterocycles. The van der Waals surface area contributed by atoms with Gasteiger partial charge in [0.05, 0.1) is 0 Å². The molecule has 0 amide bonds. The topological polar surface area (TPSA) is 66.6 Å². The molecule has 0 aromatic carbocycles. The molecule has 92 valence electrons. The van der Waals surface area contributed by atoms with Gasteiger partial charge in [-0.2, -0.15) is 0 Å². The molecule has 1 fully saturated rings. The minimum absolute atomic E-state index is 0.100. The Morgan fingerprint density at radius 2 is 2.53 bits per heavy atom. The van der Waals surface area contributed by atoms with Crippen LogP contribution in [0, 0.1) is 0 Å². The maximum atomic E-state index is 13.0. The third kappa shape index (κ3) is 2.46. The van der Waals surface area contributed by atoms with Gasteiger partial charge in [0.1, 0.15) is 6.26 Å². The second kappa shape index (κ2) is 4.57. The van der Waals surface area contributed by atoms with Crippen LogP contribution in [-0.2, 0) is 6.42 Å². The molecule has 0 saturated carbocycles. The molecular weight excluding hydrogens is 227 g/mol. The number of aromatic carboxylic acids is 1. The minimum atomic E-state index is -1.11. The van der Waals surface area contributed by atoms with Crippen molar-refractivity contribution in [1.82, 2.24) is 9.88 Å². The zero-order chi connectivity index (χ0) is 12.4. The molecular formula is C11H13FN2O3. The van der Waals surface area contributed by atoms with Gasteiger partial charge in [0.25, 0.3) is 0 Å². The van der Waals surface area contributed by atoms with Crippen LogP contribution in [0.1, 0.15) is 29.2 Å². The average Bonchev–Trinajstić information content (AvgIpc) is 2.73. The maximum Gasteiger partial charge on any atom is 0.357 e. The summed E-state index contributed by atoms with van der Waals surface area (Å²) in [5.41, 5.74) is 0.702. The summed E-state index contributed by atoms with van der Waals surface area (Å²) in [5, 5.41) is 8.64. The van der Waals surface area contributed by atoms with E-state index >= 15 is 0 Å². The summed E-state index contributed by atoms with van der Waals surface area (Å²) in [6, 6.07) is 0. The first-order valence-corrected chi connectivity index (χ1v) is 5.34. The third-order valence-electron chi connectivity index (χ3n) is 2.71. The van der Waals surface area contributed by atoms with E-state index in [4.69, 9.17) is 9.52 Å². The molecule has 1 atom stereocenters. The molecule has 6 heteroatoms. The summed E-state index contributed by atoms with van der Waals surface area (Å²) in [6.07, 6.45) is 1.73. The second-order valence-electron chi connectivity index (χ2n) is 3.93. The number of alkyl halides is 1. The molecule has 2 heterocycles. The average molecular weight is 240 g/mol. The molecule has 17 heavy (non-hydrogen) atoms. The molecule has 0 aliphatic carbocycles. The largest absolute Gasteiger partial charge is 0.476 e. The van der Waals surface area contributed by atoms with Crippen LogP contribution >= 0.6 is 0 Å². The lowest BCUT2D eigenvalue weighted by molar-refractivity contribution is 0.0412. The Kier molecular flexibility index (Phi) is 3.12. The van der Waals surface area contributed by atoms with Gasteiger partial charge in [0.15, 0.2) is 17.9 Å². The van der Waals surface area contributed by atoms with Crippen LogP contribution < -0.4 is 0 Å². The predicted molar refractivity (Wildman–Crippen MR) is 57.1 cm³/mol. The van der Waals surface area contributed by atoms with Crippen LogP contribution in [0.5, 0.6) is 0 Å². The molecule has 1 aliphatic rings. The number of aryl methyl sites for hydroxylation is 1. The number of aromatic nitrogens is 1. The molecule has 2 rings (SSSR count). The van der Waals surface area contributed by atoms with E-state index in [0.29, 0.717) is 31.7 Å². The molecule has 1 unspecified atom stereocenters. The zero-order valence-electron chi connectivity index (χ0n) is 9.23. The summed E-state index contributed by atoms with van der Waals surface area (Å²) < 4.78 is 18.0. The Labute approximate surface area is 97.6 Å². The van der Waals surface area contributed by atoms with Gasteiger partial charge < -0.3 is 14.4 Å². The van der Waals surface area contributed by atoms with Crippen molar-refractivity contribution >= 4 is 5.97 Å². The fourth-order valence-electron chi connectivity index (χ4n) is 1.73. The van der Waals surface area contributed by atoms with E-state index in [1.807, 2.05) is 0 Å². The number of hydrogen-bond acceptors (Lipinski definition) is 4. The number of hydrogen-bond donors (Lipinski definition) is 1. The van der Waals surface area contributed by atoms with Crippen LogP contribution in [0.4, 0.5) is 4.39 Å². The highest BCUT2D eigenvalue weighted by molar-refractivity contribution is 5.84. The molecule has 1 N–H and O–H groups in total. The number of carboxylic acids is 1. The van der Waals surface area contributed by atoms with Gasteiger partial charge in [0.2, 0.25) is 0 Å². The fourth-order valence-corrected chi connectivity index (χ4v) is 1.73. The van der Waals surface area contributed by atoms with E-state index in [0.717, 1.165) is 12.0 Å². The normalized spacial score (nSPS) is 19.2. The van der Waals surface area contributed by atoms with Crippen molar-refractivity contribution in [2.75, 3.05) is 6.54 Å². The number of nitrogens with zero attached hydrogens (tertiary/aromatic N) is 2. The van der Waals surface area contributed by atoms with E-state index in [1.165, 1.54) is 0 Å². The minimum Gasteiger partial charge on any atom is -0.476 e. The van der Waals surface area contributed by atoms with Crippen molar-refractivity contribution in [1.29, 1.82) is 0 Å². The summed E-state index contributed by atoms with van der Waals surface area (Å²) in [5.74, 6) is -0.746. The van der Waals surface area contributed by atoms with Crippen LogP contribution in [0.15, 0.2) is 23.0 Å². The van der Waals surface area contributed by atoms with Crippen molar-refractivity contribution in [2.45, 2.75) is 25.6 Å².